The molecule has 0 saturated carbocycles. The molecule has 166 valence electrons. The maximum Gasteiger partial charge on any atom is 0.276 e. The van der Waals surface area contributed by atoms with Gasteiger partial charge in [-0.25, -0.2) is 4.98 Å². The van der Waals surface area contributed by atoms with Gasteiger partial charge in [-0.3, -0.25) is 9.78 Å². The van der Waals surface area contributed by atoms with Crippen LogP contribution in [0.25, 0.3) is 11.3 Å². The van der Waals surface area contributed by atoms with Gasteiger partial charge in [-0.2, -0.15) is 4.98 Å². The lowest BCUT2D eigenvalue weighted by Crippen LogP contribution is -2.49. The molecule has 2 fully saturated rings. The van der Waals surface area contributed by atoms with Crippen LogP contribution in [0.1, 0.15) is 35.4 Å². The first-order valence-electron chi connectivity index (χ1n) is 11.2. The summed E-state index contributed by atoms with van der Waals surface area (Å²) in [5, 5.41) is 3.98. The van der Waals surface area contributed by atoms with E-state index in [1.807, 2.05) is 24.0 Å². The molecule has 2 aliphatic heterocycles. The molecule has 5 rings (SSSR count). The van der Waals surface area contributed by atoms with Gasteiger partial charge in [0.15, 0.2) is 11.5 Å². The Morgan fingerprint density at radius 3 is 2.53 bits per heavy atom. The molecule has 0 radical (unpaired) electrons. The molecular formula is C23H27N7O2. The summed E-state index contributed by atoms with van der Waals surface area (Å²) in [7, 11) is 0. The Morgan fingerprint density at radius 1 is 0.969 bits per heavy atom. The number of piperazine rings is 1. The number of rotatable bonds is 4. The largest absolute Gasteiger partial charge is 0.356 e. The molecule has 2 aliphatic rings. The molecule has 0 bridgehead atoms. The summed E-state index contributed by atoms with van der Waals surface area (Å²) in [6.45, 7) is 6.66. The van der Waals surface area contributed by atoms with Crippen LogP contribution in [0.2, 0.25) is 0 Å². The molecule has 3 aromatic rings. The first-order valence-corrected chi connectivity index (χ1v) is 11.2. The Balaban J connectivity index is 1.24. The minimum absolute atomic E-state index is 0.122. The lowest BCUT2D eigenvalue weighted by molar-refractivity contribution is 0.0736. The average Bonchev–Trinajstić information content (AvgIpc) is 3.35. The molecule has 3 aromatic heterocycles. The lowest BCUT2D eigenvalue weighted by atomic mass is 10.1. The predicted octanol–water partition coefficient (Wildman–Crippen LogP) is 2.79. The third-order valence-electron chi connectivity index (χ3n) is 6.03. The second kappa shape index (κ2) is 8.94. The van der Waals surface area contributed by atoms with Gasteiger partial charge in [0.05, 0.1) is 0 Å². The van der Waals surface area contributed by atoms with Gasteiger partial charge in [0.1, 0.15) is 5.82 Å². The van der Waals surface area contributed by atoms with Crippen LogP contribution in [-0.2, 0) is 0 Å². The van der Waals surface area contributed by atoms with E-state index < -0.39 is 0 Å². The van der Waals surface area contributed by atoms with E-state index in [2.05, 4.69) is 31.0 Å². The van der Waals surface area contributed by atoms with E-state index in [0.29, 0.717) is 37.6 Å². The van der Waals surface area contributed by atoms with Crippen molar-refractivity contribution < 1.29 is 9.32 Å². The van der Waals surface area contributed by atoms with Crippen molar-refractivity contribution in [2.75, 3.05) is 49.1 Å². The number of carbonyl (C=O) groups is 1. The van der Waals surface area contributed by atoms with Crippen molar-refractivity contribution in [3.63, 3.8) is 0 Å². The summed E-state index contributed by atoms with van der Waals surface area (Å²) in [5.74, 6) is 2.18. The highest BCUT2D eigenvalue weighted by atomic mass is 16.5. The highest BCUT2D eigenvalue weighted by molar-refractivity contribution is 5.93. The van der Waals surface area contributed by atoms with Gasteiger partial charge >= 0.3 is 0 Å². The number of pyridine rings is 1. The van der Waals surface area contributed by atoms with Crippen LogP contribution in [0.4, 0.5) is 11.8 Å². The van der Waals surface area contributed by atoms with Crippen molar-refractivity contribution >= 4 is 17.7 Å². The second-order valence-electron chi connectivity index (χ2n) is 8.31. The van der Waals surface area contributed by atoms with Gasteiger partial charge in [0.25, 0.3) is 5.91 Å². The zero-order chi connectivity index (χ0) is 21.9. The average molecular weight is 434 g/mol. The lowest BCUT2D eigenvalue weighted by Gasteiger charge is -2.35. The first-order chi connectivity index (χ1) is 15.7. The number of nitrogens with zero attached hydrogens (tertiary/aromatic N) is 7. The normalized spacial score (nSPS) is 17.0. The molecule has 0 aliphatic carbocycles. The summed E-state index contributed by atoms with van der Waals surface area (Å²) < 4.78 is 5.36. The maximum absolute atomic E-state index is 12.9. The molecule has 0 aromatic carbocycles. The van der Waals surface area contributed by atoms with Crippen LogP contribution in [0.15, 0.2) is 41.2 Å². The minimum Gasteiger partial charge on any atom is -0.356 e. The minimum atomic E-state index is -0.122. The van der Waals surface area contributed by atoms with Crippen LogP contribution in [-0.4, -0.2) is 70.2 Å². The van der Waals surface area contributed by atoms with Gasteiger partial charge in [-0.05, 0) is 38.3 Å². The summed E-state index contributed by atoms with van der Waals surface area (Å²) >= 11 is 0. The number of aryl methyl sites for hydroxylation is 1. The van der Waals surface area contributed by atoms with Crippen molar-refractivity contribution in [1.29, 1.82) is 0 Å². The molecule has 5 heterocycles. The summed E-state index contributed by atoms with van der Waals surface area (Å²) in [6, 6.07) is 7.45. The summed E-state index contributed by atoms with van der Waals surface area (Å²) in [4.78, 5) is 32.9. The van der Waals surface area contributed by atoms with E-state index in [1.54, 1.807) is 18.5 Å². The first kappa shape index (κ1) is 20.4. The maximum atomic E-state index is 12.9. The summed E-state index contributed by atoms with van der Waals surface area (Å²) in [6.07, 6.45) is 7.10. The van der Waals surface area contributed by atoms with E-state index in [1.165, 1.54) is 19.3 Å². The zero-order valence-electron chi connectivity index (χ0n) is 18.3. The van der Waals surface area contributed by atoms with Crippen LogP contribution in [0, 0.1) is 6.92 Å². The predicted molar refractivity (Wildman–Crippen MR) is 121 cm³/mol. The van der Waals surface area contributed by atoms with Crippen LogP contribution in [0.3, 0.4) is 0 Å². The third kappa shape index (κ3) is 4.28. The van der Waals surface area contributed by atoms with Crippen LogP contribution in [0.5, 0.6) is 0 Å². The monoisotopic (exact) mass is 433 g/mol. The van der Waals surface area contributed by atoms with E-state index in [-0.39, 0.29) is 5.91 Å². The molecule has 1 amide bonds. The number of anilines is 2. The Kier molecular flexibility index (Phi) is 5.70. The molecule has 9 heteroatoms. The number of hydrogen-bond donors (Lipinski definition) is 0. The molecule has 9 nitrogen and oxygen atoms in total. The second-order valence-corrected chi connectivity index (χ2v) is 8.31. The van der Waals surface area contributed by atoms with Crippen LogP contribution >= 0.6 is 0 Å². The number of piperidine rings is 1. The highest BCUT2D eigenvalue weighted by Crippen LogP contribution is 2.23. The topological polar surface area (TPSA) is 91.5 Å². The number of aromatic nitrogens is 4. The van der Waals surface area contributed by atoms with E-state index in [4.69, 9.17) is 9.51 Å². The number of hydrogen-bond acceptors (Lipinski definition) is 8. The molecule has 0 spiro atoms. The zero-order valence-corrected chi connectivity index (χ0v) is 18.3. The van der Waals surface area contributed by atoms with Gasteiger partial charge in [0, 0.05) is 75.1 Å². The Bertz CT molecular complexity index is 1070. The Labute approximate surface area is 187 Å². The van der Waals surface area contributed by atoms with Crippen molar-refractivity contribution in [3.05, 3.63) is 48.0 Å². The molecule has 0 N–H and O–H groups in total. The molecular weight excluding hydrogens is 406 g/mol. The molecule has 0 unspecified atom stereocenters. The fourth-order valence-corrected chi connectivity index (χ4v) is 4.26. The summed E-state index contributed by atoms with van der Waals surface area (Å²) in [5.41, 5.74) is 2.08. The SMILES string of the molecule is Cc1cc(N2CCCCC2)nc(N2CCN(C(=O)c3cc(-c4cccnc4)on3)CC2)n1. The van der Waals surface area contributed by atoms with Crippen molar-refractivity contribution in [2.45, 2.75) is 26.2 Å². The fraction of sp³-hybridized carbons (Fsp3) is 0.435. The van der Waals surface area contributed by atoms with Gasteiger partial charge in [-0.1, -0.05) is 5.16 Å². The Hall–Kier alpha value is -3.49. The highest BCUT2D eigenvalue weighted by Gasteiger charge is 2.26. The van der Waals surface area contributed by atoms with Crippen molar-refractivity contribution in [3.8, 4) is 11.3 Å². The quantitative estimate of drug-likeness (QED) is 0.620. The van der Waals surface area contributed by atoms with Gasteiger partial charge < -0.3 is 19.2 Å². The standard InChI is InChI=1S/C23H27N7O2/c1-17-14-21(28-8-3-2-4-9-28)26-23(25-17)30-12-10-29(11-13-30)22(31)19-15-20(32-27-19)18-6-5-7-24-16-18/h5-7,14-16H,2-4,8-13H2,1H3. The van der Waals surface area contributed by atoms with E-state index >= 15 is 0 Å². The van der Waals surface area contributed by atoms with Crippen LogP contribution < -0.4 is 9.80 Å². The van der Waals surface area contributed by atoms with E-state index in [0.717, 1.165) is 36.1 Å². The molecule has 32 heavy (non-hydrogen) atoms. The number of carbonyl (C=O) groups excluding carboxylic acids is 1. The fourth-order valence-electron chi connectivity index (χ4n) is 4.26. The Morgan fingerprint density at radius 2 is 1.78 bits per heavy atom. The molecule has 0 atom stereocenters. The molecule has 2 saturated heterocycles. The van der Waals surface area contributed by atoms with Crippen molar-refractivity contribution in [2.24, 2.45) is 0 Å². The van der Waals surface area contributed by atoms with Crippen molar-refractivity contribution in [1.82, 2.24) is 25.0 Å². The van der Waals surface area contributed by atoms with Gasteiger partial charge in [-0.15, -0.1) is 0 Å². The number of amides is 1. The third-order valence-corrected chi connectivity index (χ3v) is 6.03. The van der Waals surface area contributed by atoms with Gasteiger partial charge in [0.2, 0.25) is 5.95 Å². The smallest absolute Gasteiger partial charge is 0.276 e. The van der Waals surface area contributed by atoms with E-state index in [9.17, 15) is 4.79 Å².